The molecule has 0 amide bonds. The number of anilines is 1. The van der Waals surface area contributed by atoms with Crippen molar-refractivity contribution in [3.63, 3.8) is 0 Å². The van der Waals surface area contributed by atoms with E-state index in [0.717, 1.165) is 48.3 Å². The summed E-state index contributed by atoms with van der Waals surface area (Å²) in [6.07, 6.45) is 1.61. The molecule has 1 aromatic carbocycles. The van der Waals surface area contributed by atoms with E-state index in [1.165, 1.54) is 12.1 Å². The first-order chi connectivity index (χ1) is 11.0. The number of piperazine rings is 1. The van der Waals surface area contributed by atoms with Gasteiger partial charge in [-0.05, 0) is 38.5 Å². The lowest BCUT2D eigenvalue weighted by molar-refractivity contribution is 0.209. The number of aryl methyl sites for hydroxylation is 1. The Balaban J connectivity index is 2.08. The summed E-state index contributed by atoms with van der Waals surface area (Å²) in [4.78, 5) is 8.97. The molecule has 4 nitrogen and oxygen atoms in total. The molecule has 2 heterocycles. The molecule has 1 aromatic heterocycles. The third kappa shape index (κ3) is 2.87. The van der Waals surface area contributed by atoms with Crippen LogP contribution in [0.2, 0.25) is 0 Å². The molecule has 0 radical (unpaired) electrons. The molecule has 23 heavy (non-hydrogen) atoms. The quantitative estimate of drug-likeness (QED) is 0.855. The zero-order chi connectivity index (χ0) is 16.6. The van der Waals surface area contributed by atoms with Crippen LogP contribution in [0.3, 0.4) is 0 Å². The normalized spacial score (nSPS) is 16.1. The van der Waals surface area contributed by atoms with E-state index in [1.54, 1.807) is 6.20 Å². The smallest absolute Gasteiger partial charge is 0.124 e. The average Bonchev–Trinajstić information content (AvgIpc) is 2.53. The van der Waals surface area contributed by atoms with E-state index in [1.807, 2.05) is 6.92 Å². The molecule has 2 aromatic rings. The van der Waals surface area contributed by atoms with Crippen molar-refractivity contribution >= 4 is 16.6 Å². The number of fused-ring (bicyclic) bond motifs is 1. The van der Waals surface area contributed by atoms with Crippen molar-refractivity contribution in [1.29, 1.82) is 5.26 Å². The van der Waals surface area contributed by atoms with Crippen molar-refractivity contribution < 1.29 is 4.39 Å². The van der Waals surface area contributed by atoms with Gasteiger partial charge in [0.05, 0.1) is 16.8 Å². The Hall–Kier alpha value is -2.19. The third-order valence-electron chi connectivity index (χ3n) is 4.58. The second kappa shape index (κ2) is 6.13. The van der Waals surface area contributed by atoms with Crippen molar-refractivity contribution in [3.8, 4) is 6.07 Å². The molecule has 5 heteroatoms. The predicted molar refractivity (Wildman–Crippen MR) is 90.1 cm³/mol. The Kier molecular flexibility index (Phi) is 4.18. The molecule has 1 fully saturated rings. The SMILES string of the molecule is Cc1cc(F)cc2c(N3CCN(C(C)C)CC3)c(C#N)cnc12. The van der Waals surface area contributed by atoms with E-state index in [4.69, 9.17) is 0 Å². The second-order valence-electron chi connectivity index (χ2n) is 6.37. The lowest BCUT2D eigenvalue weighted by atomic mass is 10.0. The predicted octanol–water partition coefficient (Wildman–Crippen LogP) is 3.08. The summed E-state index contributed by atoms with van der Waals surface area (Å²) in [6, 6.07) is 5.72. The van der Waals surface area contributed by atoms with Crippen LogP contribution in [0, 0.1) is 24.1 Å². The molecule has 120 valence electrons. The van der Waals surface area contributed by atoms with Gasteiger partial charge in [-0.2, -0.15) is 5.26 Å². The molecule has 1 aliphatic rings. The number of hydrogen-bond acceptors (Lipinski definition) is 4. The summed E-state index contributed by atoms with van der Waals surface area (Å²) in [5, 5.41) is 10.2. The van der Waals surface area contributed by atoms with Gasteiger partial charge in [-0.25, -0.2) is 4.39 Å². The monoisotopic (exact) mass is 312 g/mol. The van der Waals surface area contributed by atoms with Gasteiger partial charge in [-0.15, -0.1) is 0 Å². The second-order valence-corrected chi connectivity index (χ2v) is 6.37. The summed E-state index contributed by atoms with van der Waals surface area (Å²) < 4.78 is 13.9. The highest BCUT2D eigenvalue weighted by molar-refractivity contribution is 5.96. The summed E-state index contributed by atoms with van der Waals surface area (Å²) in [5.74, 6) is -0.283. The van der Waals surface area contributed by atoms with Gasteiger partial charge in [0, 0.05) is 43.8 Å². The molecular weight excluding hydrogens is 291 g/mol. The van der Waals surface area contributed by atoms with Crippen LogP contribution < -0.4 is 4.90 Å². The molecule has 0 unspecified atom stereocenters. The van der Waals surface area contributed by atoms with Gasteiger partial charge in [0.15, 0.2) is 0 Å². The minimum Gasteiger partial charge on any atom is -0.367 e. The topological polar surface area (TPSA) is 43.2 Å². The summed E-state index contributed by atoms with van der Waals surface area (Å²) in [6.45, 7) is 9.79. The Morgan fingerprint density at radius 1 is 1.22 bits per heavy atom. The van der Waals surface area contributed by atoms with Crippen LogP contribution in [0.25, 0.3) is 10.9 Å². The zero-order valence-electron chi connectivity index (χ0n) is 13.8. The highest BCUT2D eigenvalue weighted by atomic mass is 19.1. The molecule has 0 bridgehead atoms. The van der Waals surface area contributed by atoms with Crippen LogP contribution >= 0.6 is 0 Å². The van der Waals surface area contributed by atoms with E-state index >= 15 is 0 Å². The molecule has 3 rings (SSSR count). The highest BCUT2D eigenvalue weighted by Gasteiger charge is 2.23. The fraction of sp³-hybridized carbons (Fsp3) is 0.444. The number of nitrogens with zero attached hydrogens (tertiary/aromatic N) is 4. The number of nitriles is 1. The zero-order valence-corrected chi connectivity index (χ0v) is 13.8. The Bertz CT molecular complexity index is 771. The fourth-order valence-corrected chi connectivity index (χ4v) is 3.31. The van der Waals surface area contributed by atoms with Crippen LogP contribution in [-0.4, -0.2) is 42.1 Å². The minimum atomic E-state index is -0.283. The molecule has 0 saturated carbocycles. The van der Waals surface area contributed by atoms with Gasteiger partial charge < -0.3 is 4.90 Å². The van der Waals surface area contributed by atoms with Crippen LogP contribution in [0.15, 0.2) is 18.3 Å². The number of halogens is 1. The van der Waals surface area contributed by atoms with Crippen LogP contribution in [0.5, 0.6) is 0 Å². The van der Waals surface area contributed by atoms with E-state index in [-0.39, 0.29) is 5.82 Å². The van der Waals surface area contributed by atoms with Gasteiger partial charge in [0.1, 0.15) is 11.9 Å². The minimum absolute atomic E-state index is 0.283. The van der Waals surface area contributed by atoms with Gasteiger partial charge in [0.2, 0.25) is 0 Å². The maximum absolute atomic E-state index is 13.9. The first kappa shape index (κ1) is 15.7. The Morgan fingerprint density at radius 2 is 1.91 bits per heavy atom. The average molecular weight is 312 g/mol. The summed E-state index contributed by atoms with van der Waals surface area (Å²) >= 11 is 0. The van der Waals surface area contributed by atoms with Crippen LogP contribution in [0.1, 0.15) is 25.0 Å². The maximum Gasteiger partial charge on any atom is 0.124 e. The molecule has 1 aliphatic heterocycles. The molecule has 0 aliphatic carbocycles. The number of aromatic nitrogens is 1. The van der Waals surface area contributed by atoms with Crippen LogP contribution in [-0.2, 0) is 0 Å². The van der Waals surface area contributed by atoms with Crippen LogP contribution in [0.4, 0.5) is 10.1 Å². The van der Waals surface area contributed by atoms with Crippen molar-refractivity contribution in [2.75, 3.05) is 31.1 Å². The van der Waals surface area contributed by atoms with E-state index < -0.39 is 0 Å². The van der Waals surface area contributed by atoms with Crippen molar-refractivity contribution in [2.45, 2.75) is 26.8 Å². The molecule has 0 atom stereocenters. The highest BCUT2D eigenvalue weighted by Crippen LogP contribution is 2.32. The van der Waals surface area contributed by atoms with Crippen molar-refractivity contribution in [2.24, 2.45) is 0 Å². The maximum atomic E-state index is 13.9. The van der Waals surface area contributed by atoms with Gasteiger partial charge in [0.25, 0.3) is 0 Å². The van der Waals surface area contributed by atoms with E-state index in [2.05, 4.69) is 34.7 Å². The van der Waals surface area contributed by atoms with Gasteiger partial charge >= 0.3 is 0 Å². The first-order valence-corrected chi connectivity index (χ1v) is 7.99. The summed E-state index contributed by atoms with van der Waals surface area (Å²) in [7, 11) is 0. The molecule has 0 spiro atoms. The standard InChI is InChI=1S/C18H21FN4/c1-12(2)22-4-6-23(7-5-22)18-14(10-20)11-21-17-13(3)8-15(19)9-16(17)18/h8-9,11-12H,4-7H2,1-3H3. The first-order valence-electron chi connectivity index (χ1n) is 7.99. The van der Waals surface area contributed by atoms with Crippen molar-refractivity contribution in [3.05, 3.63) is 35.3 Å². The fourth-order valence-electron chi connectivity index (χ4n) is 3.31. The number of hydrogen-bond donors (Lipinski definition) is 0. The largest absolute Gasteiger partial charge is 0.367 e. The number of rotatable bonds is 2. The lowest BCUT2D eigenvalue weighted by Crippen LogP contribution is -2.49. The number of benzene rings is 1. The van der Waals surface area contributed by atoms with Gasteiger partial charge in [-0.1, -0.05) is 0 Å². The molecule has 1 saturated heterocycles. The Labute approximate surface area is 136 Å². The third-order valence-corrected chi connectivity index (χ3v) is 4.58. The Morgan fingerprint density at radius 3 is 2.52 bits per heavy atom. The van der Waals surface area contributed by atoms with E-state index in [9.17, 15) is 9.65 Å². The van der Waals surface area contributed by atoms with E-state index in [0.29, 0.717) is 11.6 Å². The molecule has 0 N–H and O–H groups in total. The van der Waals surface area contributed by atoms with Crippen molar-refractivity contribution in [1.82, 2.24) is 9.88 Å². The molecular formula is C18H21FN4. The lowest BCUT2D eigenvalue weighted by Gasteiger charge is -2.38. The summed E-state index contributed by atoms with van der Waals surface area (Å²) in [5.41, 5.74) is 2.90. The number of pyridine rings is 1. The van der Waals surface area contributed by atoms with Gasteiger partial charge in [-0.3, -0.25) is 9.88 Å².